The molecule has 1 heterocycles. The summed E-state index contributed by atoms with van der Waals surface area (Å²) in [7, 11) is 0. The van der Waals surface area contributed by atoms with E-state index < -0.39 is 4.92 Å². The molecule has 1 amide bonds. The van der Waals surface area contributed by atoms with Crippen LogP contribution in [0.3, 0.4) is 0 Å². The number of nitrogens with zero attached hydrogens (tertiary/aromatic N) is 3. The minimum Gasteiger partial charge on any atom is -0.486 e. The number of H-pyrrole nitrogens is 1. The molecular weight excluding hydrogens is 394 g/mol. The predicted molar refractivity (Wildman–Crippen MR) is 109 cm³/mol. The predicted octanol–water partition coefficient (Wildman–Crippen LogP) is 3.64. The second-order valence-electron chi connectivity index (χ2n) is 6.26. The molecule has 0 unspecified atom stereocenters. The number of nitro groups is 1. The van der Waals surface area contributed by atoms with Crippen molar-refractivity contribution in [2.24, 2.45) is 0 Å². The minimum atomic E-state index is -0.502. The van der Waals surface area contributed by atoms with Crippen molar-refractivity contribution in [2.75, 3.05) is 11.1 Å². The number of nitro benzene ring substituents is 1. The maximum atomic E-state index is 12.2. The molecule has 0 spiro atoms. The lowest BCUT2D eigenvalue weighted by molar-refractivity contribution is -0.384. The lowest BCUT2D eigenvalue weighted by atomic mass is 10.2. The molecule has 3 aromatic rings. The number of aryl methyl sites for hydroxylation is 2. The van der Waals surface area contributed by atoms with E-state index in [0.29, 0.717) is 16.7 Å². The Morgan fingerprint density at radius 1 is 1.28 bits per heavy atom. The molecule has 0 saturated heterocycles. The summed E-state index contributed by atoms with van der Waals surface area (Å²) in [4.78, 5) is 26.8. The van der Waals surface area contributed by atoms with Crippen molar-refractivity contribution in [3.63, 3.8) is 0 Å². The number of nitrogens with one attached hydrogen (secondary N) is 2. The number of amides is 1. The van der Waals surface area contributed by atoms with Gasteiger partial charge in [-0.1, -0.05) is 30.0 Å². The Hall–Kier alpha value is -3.40. The van der Waals surface area contributed by atoms with Crippen LogP contribution in [0.1, 0.15) is 17.0 Å². The Bertz CT molecular complexity index is 1040. The van der Waals surface area contributed by atoms with Gasteiger partial charge in [-0.15, -0.1) is 5.10 Å². The third kappa shape index (κ3) is 5.79. The van der Waals surface area contributed by atoms with Crippen LogP contribution in [0.4, 0.5) is 11.4 Å². The molecule has 29 heavy (non-hydrogen) atoms. The number of hydrogen-bond acceptors (Lipinski definition) is 7. The first kappa shape index (κ1) is 20.3. The van der Waals surface area contributed by atoms with Crippen molar-refractivity contribution in [2.45, 2.75) is 25.6 Å². The maximum absolute atomic E-state index is 12.2. The smallest absolute Gasteiger partial charge is 0.271 e. The van der Waals surface area contributed by atoms with E-state index in [1.165, 1.54) is 12.1 Å². The molecule has 9 nitrogen and oxygen atoms in total. The molecule has 0 aliphatic carbocycles. The molecule has 0 atom stereocenters. The highest BCUT2D eigenvalue weighted by Gasteiger charge is 2.13. The molecule has 10 heteroatoms. The third-order valence-corrected chi connectivity index (χ3v) is 4.76. The van der Waals surface area contributed by atoms with Crippen LogP contribution in [0.15, 0.2) is 47.6 Å². The topological polar surface area (TPSA) is 123 Å². The summed E-state index contributed by atoms with van der Waals surface area (Å²) in [6, 6.07) is 12.0. The molecule has 0 fully saturated rings. The number of carbonyl (C=O) groups excluding carboxylic acids is 1. The van der Waals surface area contributed by atoms with Crippen LogP contribution in [-0.2, 0) is 11.4 Å². The molecule has 0 aliphatic rings. The first-order valence-electron chi connectivity index (χ1n) is 8.69. The Morgan fingerprint density at radius 3 is 2.86 bits per heavy atom. The molecule has 0 saturated carbocycles. The zero-order valence-corrected chi connectivity index (χ0v) is 16.7. The summed E-state index contributed by atoms with van der Waals surface area (Å²) < 4.78 is 5.66. The van der Waals surface area contributed by atoms with Gasteiger partial charge in [-0.05, 0) is 37.1 Å². The number of carbonyl (C=O) groups is 1. The molecule has 2 aromatic carbocycles. The standard InChI is InChI=1S/C19H19N5O4S/c1-12-4-3-5-15(8-12)28-10-17-21-19(23-22-17)29-11-18(25)20-16-9-14(24(26)27)7-6-13(16)2/h3-9H,10-11H2,1-2H3,(H,20,25)(H,21,22,23). The van der Waals surface area contributed by atoms with Crippen LogP contribution >= 0.6 is 11.8 Å². The summed E-state index contributed by atoms with van der Waals surface area (Å²) in [5, 5.41) is 20.8. The fourth-order valence-corrected chi connectivity index (χ4v) is 3.06. The van der Waals surface area contributed by atoms with E-state index >= 15 is 0 Å². The van der Waals surface area contributed by atoms with Gasteiger partial charge in [0.05, 0.1) is 16.4 Å². The zero-order valence-electron chi connectivity index (χ0n) is 15.8. The van der Waals surface area contributed by atoms with Crippen LogP contribution < -0.4 is 10.1 Å². The monoisotopic (exact) mass is 413 g/mol. The number of non-ortho nitro benzene ring substituents is 1. The number of hydrogen-bond donors (Lipinski definition) is 2. The average molecular weight is 413 g/mol. The summed E-state index contributed by atoms with van der Waals surface area (Å²) >= 11 is 1.15. The summed E-state index contributed by atoms with van der Waals surface area (Å²) in [5.41, 5.74) is 2.17. The summed E-state index contributed by atoms with van der Waals surface area (Å²) in [6.07, 6.45) is 0. The molecule has 3 rings (SSSR count). The van der Waals surface area contributed by atoms with E-state index in [0.717, 1.165) is 28.6 Å². The first-order chi connectivity index (χ1) is 13.9. The minimum absolute atomic E-state index is 0.0676. The second-order valence-corrected chi connectivity index (χ2v) is 7.21. The quantitative estimate of drug-likeness (QED) is 0.328. The number of aromatic amines is 1. The fraction of sp³-hybridized carbons (Fsp3) is 0.211. The Labute approximate surface area is 171 Å². The first-order valence-corrected chi connectivity index (χ1v) is 9.68. The molecule has 2 N–H and O–H groups in total. The second kappa shape index (κ2) is 9.20. The number of thioether (sulfide) groups is 1. The summed E-state index contributed by atoms with van der Waals surface area (Å²) in [6.45, 7) is 3.98. The number of rotatable bonds is 8. The fourth-order valence-electron chi connectivity index (χ4n) is 2.44. The number of benzene rings is 2. The number of anilines is 1. The Morgan fingerprint density at radius 2 is 2.10 bits per heavy atom. The SMILES string of the molecule is Cc1cccc(OCc2nc(SCC(=O)Nc3cc([N+](=O)[O-])ccc3C)n[nH]2)c1. The molecule has 0 radical (unpaired) electrons. The van der Waals surface area contributed by atoms with E-state index in [2.05, 4.69) is 20.5 Å². The highest BCUT2D eigenvalue weighted by atomic mass is 32.2. The van der Waals surface area contributed by atoms with E-state index in [1.54, 1.807) is 13.0 Å². The van der Waals surface area contributed by atoms with Crippen LogP contribution in [-0.4, -0.2) is 31.8 Å². The van der Waals surface area contributed by atoms with Gasteiger partial charge in [-0.25, -0.2) is 4.98 Å². The van der Waals surface area contributed by atoms with Crippen LogP contribution in [0.2, 0.25) is 0 Å². The maximum Gasteiger partial charge on any atom is 0.271 e. The van der Waals surface area contributed by atoms with Crippen LogP contribution in [0.25, 0.3) is 0 Å². The van der Waals surface area contributed by atoms with Crippen molar-refractivity contribution in [3.8, 4) is 5.75 Å². The highest BCUT2D eigenvalue weighted by Crippen LogP contribution is 2.22. The van der Waals surface area contributed by atoms with Gasteiger partial charge in [-0.2, -0.15) is 0 Å². The van der Waals surface area contributed by atoms with Crippen molar-refractivity contribution >= 4 is 29.0 Å². The van der Waals surface area contributed by atoms with Gasteiger partial charge in [-0.3, -0.25) is 20.0 Å². The average Bonchev–Trinajstić information content (AvgIpc) is 3.14. The van der Waals surface area contributed by atoms with Gasteiger partial charge >= 0.3 is 0 Å². The largest absolute Gasteiger partial charge is 0.486 e. The van der Waals surface area contributed by atoms with E-state index in [4.69, 9.17) is 4.74 Å². The van der Waals surface area contributed by atoms with Gasteiger partial charge in [0.15, 0.2) is 5.82 Å². The third-order valence-electron chi connectivity index (χ3n) is 3.91. The molecule has 0 aliphatic heterocycles. The number of ether oxygens (including phenoxy) is 1. The lowest BCUT2D eigenvalue weighted by Gasteiger charge is -2.07. The van der Waals surface area contributed by atoms with Gasteiger partial charge in [0.2, 0.25) is 11.1 Å². The van der Waals surface area contributed by atoms with Crippen LogP contribution in [0.5, 0.6) is 5.75 Å². The van der Waals surface area contributed by atoms with Crippen molar-refractivity contribution in [1.82, 2.24) is 15.2 Å². The number of aromatic nitrogens is 3. The lowest BCUT2D eigenvalue weighted by Crippen LogP contribution is -2.15. The summed E-state index contributed by atoms with van der Waals surface area (Å²) in [5.74, 6) is 1.05. The van der Waals surface area contributed by atoms with Crippen molar-refractivity contribution in [3.05, 3.63) is 69.5 Å². The van der Waals surface area contributed by atoms with Gasteiger partial charge in [0, 0.05) is 12.1 Å². The van der Waals surface area contributed by atoms with Gasteiger partial charge < -0.3 is 10.1 Å². The van der Waals surface area contributed by atoms with E-state index in [1.807, 2.05) is 31.2 Å². The molecular formula is C19H19N5O4S. The zero-order chi connectivity index (χ0) is 20.8. The highest BCUT2D eigenvalue weighted by molar-refractivity contribution is 7.99. The normalized spacial score (nSPS) is 10.6. The van der Waals surface area contributed by atoms with Crippen LogP contribution in [0, 0.1) is 24.0 Å². The molecule has 150 valence electrons. The Balaban J connectivity index is 1.51. The van der Waals surface area contributed by atoms with Crippen molar-refractivity contribution < 1.29 is 14.5 Å². The van der Waals surface area contributed by atoms with E-state index in [-0.39, 0.29) is 24.0 Å². The molecule has 0 bridgehead atoms. The van der Waals surface area contributed by atoms with Gasteiger partial charge in [0.25, 0.3) is 5.69 Å². The molecule has 1 aromatic heterocycles. The Kier molecular flexibility index (Phi) is 6.45. The van der Waals surface area contributed by atoms with E-state index in [9.17, 15) is 14.9 Å². The van der Waals surface area contributed by atoms with Crippen molar-refractivity contribution in [1.29, 1.82) is 0 Å². The van der Waals surface area contributed by atoms with Gasteiger partial charge in [0.1, 0.15) is 12.4 Å².